The number of carbonyl (C=O) groups excluding carboxylic acids is 1. The van der Waals surface area contributed by atoms with E-state index in [0.717, 1.165) is 5.56 Å². The minimum absolute atomic E-state index is 0.203. The highest BCUT2D eigenvalue weighted by Gasteiger charge is 2.20. The first-order valence-corrected chi connectivity index (χ1v) is 8.75. The van der Waals surface area contributed by atoms with Crippen LogP contribution in [-0.2, 0) is 4.79 Å². The minimum Gasteiger partial charge on any atom is -0.465 e. The largest absolute Gasteiger partial charge is 0.465 e. The Morgan fingerprint density at radius 3 is 2.54 bits per heavy atom. The molecule has 0 unspecified atom stereocenters. The first-order chi connectivity index (χ1) is 13.7. The van der Waals surface area contributed by atoms with Crippen molar-refractivity contribution in [2.45, 2.75) is 0 Å². The molecule has 0 atom stereocenters. The van der Waals surface area contributed by atoms with E-state index in [9.17, 15) is 4.79 Å². The summed E-state index contributed by atoms with van der Waals surface area (Å²) in [6.45, 7) is 0. The van der Waals surface area contributed by atoms with Gasteiger partial charge in [-0.05, 0) is 46.8 Å². The Labute approximate surface area is 165 Å². The standard InChI is InChI=1S/C20H14ClN5O2/c21-15-8-10-16(11-9-15)22-20(27)18(13-17-7-4-12-28-17)26-19(23-24-25-26)14-5-2-1-3-6-14/h1-13H,(H,22,27)/b18-13+. The Morgan fingerprint density at radius 2 is 1.82 bits per heavy atom. The van der Waals surface area contributed by atoms with Crippen molar-refractivity contribution in [3.63, 3.8) is 0 Å². The molecule has 4 rings (SSSR count). The van der Waals surface area contributed by atoms with Gasteiger partial charge in [0.1, 0.15) is 11.5 Å². The Kier molecular flexibility index (Phi) is 4.99. The van der Waals surface area contributed by atoms with Crippen molar-refractivity contribution in [3.8, 4) is 11.4 Å². The van der Waals surface area contributed by atoms with Crippen molar-refractivity contribution in [2.24, 2.45) is 0 Å². The van der Waals surface area contributed by atoms with E-state index in [4.69, 9.17) is 16.0 Å². The summed E-state index contributed by atoms with van der Waals surface area (Å²) in [5, 5.41) is 15.2. The van der Waals surface area contributed by atoms with Gasteiger partial charge in [0.15, 0.2) is 5.82 Å². The molecule has 138 valence electrons. The molecule has 0 saturated carbocycles. The Hall–Kier alpha value is -3.71. The fourth-order valence-corrected chi connectivity index (χ4v) is 2.70. The topological polar surface area (TPSA) is 85.8 Å². The molecular formula is C20H14ClN5O2. The second kappa shape index (κ2) is 7.89. The van der Waals surface area contributed by atoms with Crippen LogP contribution >= 0.6 is 11.6 Å². The number of aromatic nitrogens is 4. The zero-order valence-corrected chi connectivity index (χ0v) is 15.2. The summed E-state index contributed by atoms with van der Waals surface area (Å²) in [4.78, 5) is 13.0. The van der Waals surface area contributed by atoms with Crippen LogP contribution in [0.4, 0.5) is 5.69 Å². The first kappa shape index (κ1) is 17.7. The van der Waals surface area contributed by atoms with Gasteiger partial charge in [-0.1, -0.05) is 41.9 Å². The number of hydrogen-bond donors (Lipinski definition) is 1. The van der Waals surface area contributed by atoms with Gasteiger partial charge in [0.05, 0.1) is 6.26 Å². The smallest absolute Gasteiger partial charge is 0.274 e. The number of amides is 1. The highest BCUT2D eigenvalue weighted by Crippen LogP contribution is 2.22. The lowest BCUT2D eigenvalue weighted by Crippen LogP contribution is -2.19. The lowest BCUT2D eigenvalue weighted by atomic mass is 10.2. The van der Waals surface area contributed by atoms with Crippen molar-refractivity contribution >= 4 is 35.0 Å². The average Bonchev–Trinajstić information content (AvgIpc) is 3.40. The van der Waals surface area contributed by atoms with E-state index in [2.05, 4.69) is 20.8 Å². The molecule has 0 radical (unpaired) electrons. The van der Waals surface area contributed by atoms with Gasteiger partial charge in [0.25, 0.3) is 5.91 Å². The van der Waals surface area contributed by atoms with Crippen LogP contribution in [0.5, 0.6) is 0 Å². The van der Waals surface area contributed by atoms with Crippen LogP contribution in [0.1, 0.15) is 5.76 Å². The first-order valence-electron chi connectivity index (χ1n) is 8.37. The molecule has 2 heterocycles. The minimum atomic E-state index is -0.400. The second-order valence-electron chi connectivity index (χ2n) is 5.79. The molecule has 0 bridgehead atoms. The number of tetrazole rings is 1. The van der Waals surface area contributed by atoms with Gasteiger partial charge in [-0.3, -0.25) is 4.79 Å². The van der Waals surface area contributed by atoms with Gasteiger partial charge in [0.2, 0.25) is 0 Å². The van der Waals surface area contributed by atoms with Crippen molar-refractivity contribution in [3.05, 3.63) is 83.8 Å². The number of anilines is 1. The molecule has 0 saturated heterocycles. The average molecular weight is 392 g/mol. The highest BCUT2D eigenvalue weighted by molar-refractivity contribution is 6.30. The van der Waals surface area contributed by atoms with Crippen LogP contribution in [-0.4, -0.2) is 26.1 Å². The number of nitrogens with one attached hydrogen (secondary N) is 1. The maximum atomic E-state index is 13.0. The highest BCUT2D eigenvalue weighted by atomic mass is 35.5. The number of rotatable bonds is 5. The molecule has 1 N–H and O–H groups in total. The third kappa shape index (κ3) is 3.84. The van der Waals surface area contributed by atoms with Crippen molar-refractivity contribution in [1.29, 1.82) is 0 Å². The number of carbonyl (C=O) groups is 1. The van der Waals surface area contributed by atoms with E-state index in [-0.39, 0.29) is 5.70 Å². The zero-order valence-electron chi connectivity index (χ0n) is 14.5. The summed E-state index contributed by atoms with van der Waals surface area (Å²) in [6.07, 6.45) is 3.10. The lowest BCUT2D eigenvalue weighted by Gasteiger charge is -2.10. The Balaban J connectivity index is 1.74. The molecule has 0 fully saturated rings. The Bertz CT molecular complexity index is 1100. The number of halogens is 1. The van der Waals surface area contributed by atoms with Crippen LogP contribution in [0.2, 0.25) is 5.02 Å². The van der Waals surface area contributed by atoms with Crippen molar-refractivity contribution in [1.82, 2.24) is 20.2 Å². The fraction of sp³-hybridized carbons (Fsp3) is 0. The third-order valence-electron chi connectivity index (χ3n) is 3.89. The molecule has 8 heteroatoms. The molecule has 2 aromatic heterocycles. The van der Waals surface area contributed by atoms with E-state index in [0.29, 0.717) is 22.3 Å². The molecule has 0 spiro atoms. The summed E-state index contributed by atoms with van der Waals surface area (Å²) in [6, 6.07) is 19.7. The number of benzene rings is 2. The zero-order chi connectivity index (χ0) is 19.3. The van der Waals surface area contributed by atoms with Gasteiger partial charge in [-0.15, -0.1) is 5.10 Å². The molecule has 0 aliphatic heterocycles. The van der Waals surface area contributed by atoms with E-state index < -0.39 is 5.91 Å². The van der Waals surface area contributed by atoms with Crippen molar-refractivity contribution < 1.29 is 9.21 Å². The number of nitrogens with zero attached hydrogens (tertiary/aromatic N) is 4. The van der Waals surface area contributed by atoms with Crippen LogP contribution < -0.4 is 5.32 Å². The molecule has 4 aromatic rings. The summed E-state index contributed by atoms with van der Waals surface area (Å²) in [7, 11) is 0. The van der Waals surface area contributed by atoms with Crippen LogP contribution in [0.15, 0.2) is 77.4 Å². The normalized spacial score (nSPS) is 11.4. The Morgan fingerprint density at radius 1 is 1.04 bits per heavy atom. The van der Waals surface area contributed by atoms with E-state index in [1.54, 1.807) is 42.5 Å². The molecule has 7 nitrogen and oxygen atoms in total. The monoisotopic (exact) mass is 391 g/mol. The van der Waals surface area contributed by atoms with E-state index in [1.165, 1.54) is 10.9 Å². The molecular weight excluding hydrogens is 378 g/mol. The van der Waals surface area contributed by atoms with Gasteiger partial charge < -0.3 is 9.73 Å². The summed E-state index contributed by atoms with van der Waals surface area (Å²) >= 11 is 5.91. The van der Waals surface area contributed by atoms with Crippen LogP contribution in [0, 0.1) is 0 Å². The van der Waals surface area contributed by atoms with E-state index >= 15 is 0 Å². The summed E-state index contributed by atoms with van der Waals surface area (Å²) < 4.78 is 6.75. The van der Waals surface area contributed by atoms with Crippen LogP contribution in [0.25, 0.3) is 23.2 Å². The number of furan rings is 1. The van der Waals surface area contributed by atoms with Gasteiger partial charge in [-0.25, -0.2) is 0 Å². The number of hydrogen-bond acceptors (Lipinski definition) is 5. The fourth-order valence-electron chi connectivity index (χ4n) is 2.58. The third-order valence-corrected chi connectivity index (χ3v) is 4.14. The van der Waals surface area contributed by atoms with Crippen molar-refractivity contribution in [2.75, 3.05) is 5.32 Å². The molecule has 2 aromatic carbocycles. The van der Waals surface area contributed by atoms with Gasteiger partial charge in [-0.2, -0.15) is 4.68 Å². The van der Waals surface area contributed by atoms with Crippen LogP contribution in [0.3, 0.4) is 0 Å². The van der Waals surface area contributed by atoms with Gasteiger partial charge in [0, 0.05) is 22.3 Å². The second-order valence-corrected chi connectivity index (χ2v) is 6.22. The summed E-state index contributed by atoms with van der Waals surface area (Å²) in [5.74, 6) is 0.531. The quantitative estimate of drug-likeness (QED) is 0.515. The molecule has 0 aliphatic carbocycles. The summed E-state index contributed by atoms with van der Waals surface area (Å²) in [5.41, 5.74) is 1.57. The maximum absolute atomic E-state index is 13.0. The van der Waals surface area contributed by atoms with Gasteiger partial charge >= 0.3 is 0 Å². The molecule has 28 heavy (non-hydrogen) atoms. The maximum Gasteiger partial charge on any atom is 0.274 e. The predicted molar refractivity (Wildman–Crippen MR) is 106 cm³/mol. The van der Waals surface area contributed by atoms with E-state index in [1.807, 2.05) is 30.3 Å². The molecule has 1 amide bonds. The lowest BCUT2D eigenvalue weighted by molar-refractivity contribution is -0.111. The SMILES string of the molecule is O=C(Nc1ccc(Cl)cc1)/C(=C\c1ccco1)n1nnnc1-c1ccccc1. The molecule has 0 aliphatic rings. The predicted octanol–water partition coefficient (Wildman–Crippen LogP) is 4.22.